The number of benzene rings is 1. The van der Waals surface area contributed by atoms with Crippen LogP contribution in [0.15, 0.2) is 42.7 Å². The van der Waals surface area contributed by atoms with Gasteiger partial charge in [-0.05, 0) is 29.8 Å². The number of imide groups is 1. The van der Waals surface area contributed by atoms with E-state index in [1.807, 2.05) is 29.1 Å². The largest absolute Gasteiger partial charge is 0.493 e. The number of rotatable bonds is 9. The lowest BCUT2D eigenvalue weighted by atomic mass is 10.1. The Hall–Kier alpha value is -3.49. The Morgan fingerprint density at radius 1 is 1.14 bits per heavy atom. The van der Waals surface area contributed by atoms with Crippen molar-refractivity contribution in [1.82, 2.24) is 20.1 Å². The second-order valence-electron chi connectivity index (χ2n) is 6.59. The van der Waals surface area contributed by atoms with Gasteiger partial charge >= 0.3 is 6.03 Å². The zero-order valence-corrected chi connectivity index (χ0v) is 16.4. The zero-order chi connectivity index (χ0) is 20.8. The van der Waals surface area contributed by atoms with Crippen LogP contribution in [0.5, 0.6) is 11.5 Å². The first-order valence-electron chi connectivity index (χ1n) is 9.22. The minimum atomic E-state index is -0.866. The molecular formula is C20H24N4O5. The molecule has 1 aliphatic heterocycles. The standard InChI is InChI=1S/C20H24N4O5/c1-28-16-6-5-14(11-17(16)29-2)13-24-19(26)15(22-20(24)27)12-18(25)21-7-10-23-8-3-4-9-23/h3-6,8-9,11,15H,7,10,12-13H2,1-2H3,(H,21,25)(H,22,27)/t15-/m0/s1. The van der Waals surface area contributed by atoms with Crippen LogP contribution < -0.4 is 20.1 Å². The summed E-state index contributed by atoms with van der Waals surface area (Å²) in [5, 5.41) is 5.34. The maximum atomic E-state index is 12.6. The Morgan fingerprint density at radius 3 is 2.55 bits per heavy atom. The molecule has 1 fully saturated rings. The maximum Gasteiger partial charge on any atom is 0.325 e. The van der Waals surface area contributed by atoms with Gasteiger partial charge in [-0.3, -0.25) is 14.5 Å². The number of methoxy groups -OCH3 is 2. The van der Waals surface area contributed by atoms with E-state index in [1.54, 1.807) is 18.2 Å². The van der Waals surface area contributed by atoms with Crippen molar-refractivity contribution in [3.8, 4) is 11.5 Å². The average molecular weight is 400 g/mol. The van der Waals surface area contributed by atoms with E-state index < -0.39 is 18.0 Å². The molecule has 29 heavy (non-hydrogen) atoms. The fourth-order valence-corrected chi connectivity index (χ4v) is 3.13. The van der Waals surface area contributed by atoms with Crippen molar-refractivity contribution in [2.24, 2.45) is 0 Å². The predicted molar refractivity (Wildman–Crippen MR) is 104 cm³/mol. The third-order valence-corrected chi connectivity index (χ3v) is 4.64. The molecule has 2 heterocycles. The van der Waals surface area contributed by atoms with Crippen LogP contribution in [-0.4, -0.2) is 54.1 Å². The summed E-state index contributed by atoms with van der Waals surface area (Å²) >= 11 is 0. The van der Waals surface area contributed by atoms with Gasteiger partial charge in [0, 0.05) is 25.5 Å². The fraction of sp³-hybridized carbons (Fsp3) is 0.350. The van der Waals surface area contributed by atoms with Gasteiger partial charge in [-0.2, -0.15) is 0 Å². The number of aromatic nitrogens is 1. The molecule has 2 N–H and O–H groups in total. The molecule has 2 aromatic rings. The Bertz CT molecular complexity index is 881. The third kappa shape index (κ3) is 4.87. The molecule has 1 aromatic carbocycles. The van der Waals surface area contributed by atoms with Crippen LogP contribution in [0.25, 0.3) is 0 Å². The smallest absolute Gasteiger partial charge is 0.325 e. The number of carbonyl (C=O) groups excluding carboxylic acids is 3. The van der Waals surface area contributed by atoms with Crippen LogP contribution in [0.2, 0.25) is 0 Å². The van der Waals surface area contributed by atoms with E-state index >= 15 is 0 Å². The van der Waals surface area contributed by atoms with E-state index in [0.717, 1.165) is 4.90 Å². The fourth-order valence-electron chi connectivity index (χ4n) is 3.13. The Labute approximate surface area is 168 Å². The second-order valence-corrected chi connectivity index (χ2v) is 6.59. The summed E-state index contributed by atoms with van der Waals surface area (Å²) in [5.74, 6) is 0.354. The number of nitrogens with zero attached hydrogens (tertiary/aromatic N) is 2. The molecule has 1 saturated heterocycles. The van der Waals surface area contributed by atoms with Gasteiger partial charge in [0.2, 0.25) is 5.91 Å². The van der Waals surface area contributed by atoms with Crippen LogP contribution in [0.1, 0.15) is 12.0 Å². The molecule has 1 aliphatic rings. The molecule has 0 saturated carbocycles. The van der Waals surface area contributed by atoms with E-state index in [2.05, 4.69) is 10.6 Å². The number of urea groups is 1. The maximum absolute atomic E-state index is 12.6. The van der Waals surface area contributed by atoms with E-state index in [9.17, 15) is 14.4 Å². The third-order valence-electron chi connectivity index (χ3n) is 4.64. The summed E-state index contributed by atoms with van der Waals surface area (Å²) in [7, 11) is 3.05. The van der Waals surface area contributed by atoms with Gasteiger partial charge in [-0.15, -0.1) is 0 Å². The summed E-state index contributed by atoms with van der Waals surface area (Å²) in [6.45, 7) is 1.16. The molecule has 0 unspecified atom stereocenters. The van der Waals surface area contributed by atoms with Crippen molar-refractivity contribution in [3.63, 3.8) is 0 Å². The van der Waals surface area contributed by atoms with Crippen molar-refractivity contribution >= 4 is 17.8 Å². The first-order chi connectivity index (χ1) is 14.0. The number of amides is 4. The molecule has 1 atom stereocenters. The molecule has 0 spiro atoms. The second kappa shape index (κ2) is 9.13. The molecule has 3 rings (SSSR count). The molecule has 0 aliphatic carbocycles. The normalized spacial score (nSPS) is 15.9. The van der Waals surface area contributed by atoms with Crippen LogP contribution in [-0.2, 0) is 22.7 Å². The van der Waals surface area contributed by atoms with Gasteiger partial charge < -0.3 is 24.7 Å². The molecule has 4 amide bonds. The summed E-state index contributed by atoms with van der Waals surface area (Å²) in [5.41, 5.74) is 0.711. The lowest BCUT2D eigenvalue weighted by Gasteiger charge is -2.15. The van der Waals surface area contributed by atoms with Gasteiger partial charge in [0.1, 0.15) is 6.04 Å². The molecule has 1 aromatic heterocycles. The van der Waals surface area contributed by atoms with Gasteiger partial charge in [0.15, 0.2) is 11.5 Å². The zero-order valence-electron chi connectivity index (χ0n) is 16.4. The molecular weight excluding hydrogens is 376 g/mol. The first kappa shape index (κ1) is 20.2. The monoisotopic (exact) mass is 400 g/mol. The minimum Gasteiger partial charge on any atom is -0.493 e. The van der Waals surface area contributed by atoms with E-state index in [1.165, 1.54) is 14.2 Å². The van der Waals surface area contributed by atoms with Crippen LogP contribution >= 0.6 is 0 Å². The van der Waals surface area contributed by atoms with Crippen LogP contribution in [0, 0.1) is 0 Å². The summed E-state index contributed by atoms with van der Waals surface area (Å²) in [6.07, 6.45) is 3.70. The van der Waals surface area contributed by atoms with Crippen molar-refractivity contribution in [2.75, 3.05) is 20.8 Å². The SMILES string of the molecule is COc1ccc(CN2C(=O)N[C@@H](CC(=O)NCCn3cccc3)C2=O)cc1OC. The van der Waals surface area contributed by atoms with Gasteiger partial charge in [0.25, 0.3) is 5.91 Å². The van der Waals surface area contributed by atoms with Crippen LogP contribution in [0.3, 0.4) is 0 Å². The molecule has 9 heteroatoms. The van der Waals surface area contributed by atoms with Crippen molar-refractivity contribution in [1.29, 1.82) is 0 Å². The minimum absolute atomic E-state index is 0.0801. The van der Waals surface area contributed by atoms with Crippen molar-refractivity contribution < 1.29 is 23.9 Å². The van der Waals surface area contributed by atoms with Crippen molar-refractivity contribution in [2.45, 2.75) is 25.6 Å². The van der Waals surface area contributed by atoms with E-state index in [-0.39, 0.29) is 18.9 Å². The van der Waals surface area contributed by atoms with Gasteiger partial charge in [-0.25, -0.2) is 4.79 Å². The van der Waals surface area contributed by atoms with E-state index in [0.29, 0.717) is 30.2 Å². The number of hydrogen-bond donors (Lipinski definition) is 2. The van der Waals surface area contributed by atoms with Gasteiger partial charge in [0.05, 0.1) is 27.2 Å². The average Bonchev–Trinajstić information content (AvgIpc) is 3.32. The highest BCUT2D eigenvalue weighted by atomic mass is 16.5. The summed E-state index contributed by atoms with van der Waals surface area (Å²) in [4.78, 5) is 38.0. The lowest BCUT2D eigenvalue weighted by molar-refractivity contribution is -0.131. The lowest BCUT2D eigenvalue weighted by Crippen LogP contribution is -2.37. The topological polar surface area (TPSA) is 102 Å². The summed E-state index contributed by atoms with van der Waals surface area (Å²) in [6, 6.07) is 7.60. The Kier molecular flexibility index (Phi) is 6.38. The molecule has 0 bridgehead atoms. The number of ether oxygens (including phenoxy) is 2. The Morgan fingerprint density at radius 2 is 1.86 bits per heavy atom. The highest BCUT2D eigenvalue weighted by Gasteiger charge is 2.39. The highest BCUT2D eigenvalue weighted by Crippen LogP contribution is 2.28. The molecule has 0 radical (unpaired) electrons. The first-order valence-corrected chi connectivity index (χ1v) is 9.22. The van der Waals surface area contributed by atoms with Crippen LogP contribution in [0.4, 0.5) is 4.79 Å². The summed E-state index contributed by atoms with van der Waals surface area (Å²) < 4.78 is 12.4. The molecule has 9 nitrogen and oxygen atoms in total. The number of hydrogen-bond acceptors (Lipinski definition) is 5. The number of carbonyl (C=O) groups is 3. The highest BCUT2D eigenvalue weighted by molar-refractivity contribution is 6.05. The van der Waals surface area contributed by atoms with E-state index in [4.69, 9.17) is 9.47 Å². The molecule has 154 valence electrons. The predicted octanol–water partition coefficient (Wildman–Crippen LogP) is 1.13. The Balaban J connectivity index is 1.54. The quantitative estimate of drug-likeness (QED) is 0.615. The van der Waals surface area contributed by atoms with Gasteiger partial charge in [-0.1, -0.05) is 6.07 Å². The van der Waals surface area contributed by atoms with Crippen molar-refractivity contribution in [3.05, 3.63) is 48.3 Å². The number of nitrogens with one attached hydrogen (secondary N) is 2.